The van der Waals surface area contributed by atoms with Crippen LogP contribution in [0.5, 0.6) is 0 Å². The van der Waals surface area contributed by atoms with Gasteiger partial charge in [-0.3, -0.25) is 4.79 Å². The van der Waals surface area contributed by atoms with Crippen molar-refractivity contribution in [2.45, 2.75) is 39.5 Å². The normalized spacial score (nSPS) is 11.2. The second-order valence-corrected chi connectivity index (χ2v) is 8.23. The van der Waals surface area contributed by atoms with Gasteiger partial charge in [0, 0.05) is 19.2 Å². The van der Waals surface area contributed by atoms with E-state index >= 15 is 0 Å². The topological polar surface area (TPSA) is 86.4 Å². The second-order valence-electron chi connectivity index (χ2n) is 8.23. The summed E-state index contributed by atoms with van der Waals surface area (Å²) in [5.74, 6) is -0.187. The average molecular weight is 422 g/mol. The first kappa shape index (κ1) is 22.0. The van der Waals surface area contributed by atoms with Gasteiger partial charge >= 0.3 is 11.8 Å². The maximum atomic E-state index is 12.7. The minimum atomic E-state index is -0.557. The van der Waals surface area contributed by atoms with Gasteiger partial charge in [-0.2, -0.15) is 5.10 Å². The molecule has 3 aromatic rings. The van der Waals surface area contributed by atoms with Gasteiger partial charge in [-0.25, -0.2) is 18.8 Å². The maximum Gasteiger partial charge on any atom is 0.410 e. The first-order valence-corrected chi connectivity index (χ1v) is 9.90. The summed E-state index contributed by atoms with van der Waals surface area (Å²) in [7, 11) is 1.67. The summed E-state index contributed by atoms with van der Waals surface area (Å²) in [4.78, 5) is 38.6. The SMILES string of the molecule is CN(Cc1ccc(-n2cnn(CC(=O)c3ccccc3)c2=O)cc1)C(=O)OC(C)(C)C. The summed E-state index contributed by atoms with van der Waals surface area (Å²) in [6.45, 7) is 5.69. The van der Waals surface area contributed by atoms with Crippen LogP contribution >= 0.6 is 0 Å². The number of ether oxygens (including phenoxy) is 1. The van der Waals surface area contributed by atoms with Crippen LogP contribution in [0.4, 0.5) is 4.79 Å². The van der Waals surface area contributed by atoms with E-state index in [1.54, 1.807) is 43.4 Å². The molecule has 1 heterocycles. The molecule has 0 unspecified atom stereocenters. The lowest BCUT2D eigenvalue weighted by atomic mass is 10.1. The molecule has 1 aromatic heterocycles. The molecular formula is C23H26N4O4. The highest BCUT2D eigenvalue weighted by atomic mass is 16.6. The first-order valence-electron chi connectivity index (χ1n) is 9.90. The van der Waals surface area contributed by atoms with Crippen molar-refractivity contribution in [2.75, 3.05) is 7.05 Å². The van der Waals surface area contributed by atoms with Crippen LogP contribution in [0.3, 0.4) is 0 Å². The van der Waals surface area contributed by atoms with Crippen molar-refractivity contribution < 1.29 is 14.3 Å². The monoisotopic (exact) mass is 422 g/mol. The number of ketones is 1. The third-order valence-corrected chi connectivity index (χ3v) is 4.46. The van der Waals surface area contributed by atoms with Crippen LogP contribution in [0.1, 0.15) is 36.7 Å². The highest BCUT2D eigenvalue weighted by molar-refractivity contribution is 5.95. The van der Waals surface area contributed by atoms with Crippen molar-refractivity contribution in [3.05, 3.63) is 82.5 Å². The lowest BCUT2D eigenvalue weighted by molar-refractivity contribution is 0.0285. The molecule has 162 valence electrons. The Morgan fingerprint density at radius 3 is 2.29 bits per heavy atom. The lowest BCUT2D eigenvalue weighted by Crippen LogP contribution is -2.33. The smallest absolute Gasteiger partial charge is 0.410 e. The fourth-order valence-electron chi connectivity index (χ4n) is 2.91. The van der Waals surface area contributed by atoms with E-state index in [1.165, 1.54) is 15.8 Å². The molecule has 0 fully saturated rings. The molecule has 0 aliphatic rings. The summed E-state index contributed by atoms with van der Waals surface area (Å²) in [5.41, 5.74) is 1.08. The van der Waals surface area contributed by atoms with Crippen molar-refractivity contribution in [2.24, 2.45) is 0 Å². The molecule has 3 rings (SSSR count). The number of hydrogen-bond donors (Lipinski definition) is 0. The second kappa shape index (κ2) is 8.99. The fraction of sp³-hybridized carbons (Fsp3) is 0.304. The van der Waals surface area contributed by atoms with Gasteiger partial charge in [-0.15, -0.1) is 0 Å². The number of carbonyl (C=O) groups excluding carboxylic acids is 2. The minimum absolute atomic E-state index is 0.130. The molecule has 0 atom stereocenters. The van der Waals surface area contributed by atoms with E-state index in [0.29, 0.717) is 17.8 Å². The van der Waals surface area contributed by atoms with E-state index < -0.39 is 17.4 Å². The number of benzene rings is 2. The Balaban J connectivity index is 1.68. The van der Waals surface area contributed by atoms with Crippen molar-refractivity contribution in [1.82, 2.24) is 19.2 Å². The number of hydrogen-bond acceptors (Lipinski definition) is 5. The molecule has 0 spiro atoms. The Hall–Kier alpha value is -3.68. The summed E-state index contributed by atoms with van der Waals surface area (Å²) in [6, 6.07) is 16.0. The molecule has 0 radical (unpaired) electrons. The van der Waals surface area contributed by atoms with E-state index in [-0.39, 0.29) is 12.3 Å². The van der Waals surface area contributed by atoms with E-state index in [4.69, 9.17) is 4.74 Å². The van der Waals surface area contributed by atoms with E-state index in [1.807, 2.05) is 39.0 Å². The largest absolute Gasteiger partial charge is 0.444 e. The fourth-order valence-corrected chi connectivity index (χ4v) is 2.91. The molecule has 0 saturated heterocycles. The van der Waals surface area contributed by atoms with E-state index in [0.717, 1.165) is 10.2 Å². The summed E-state index contributed by atoms with van der Waals surface area (Å²) in [6.07, 6.45) is 0.986. The van der Waals surface area contributed by atoms with Crippen LogP contribution < -0.4 is 5.69 Å². The minimum Gasteiger partial charge on any atom is -0.444 e. The number of nitrogens with zero attached hydrogens (tertiary/aromatic N) is 4. The number of amides is 1. The zero-order valence-corrected chi connectivity index (χ0v) is 18.1. The quantitative estimate of drug-likeness (QED) is 0.569. The Labute approximate surface area is 180 Å². The average Bonchev–Trinajstić information content (AvgIpc) is 3.08. The summed E-state index contributed by atoms with van der Waals surface area (Å²) < 4.78 is 7.86. The molecule has 31 heavy (non-hydrogen) atoms. The van der Waals surface area contributed by atoms with Crippen LogP contribution in [-0.4, -0.2) is 43.8 Å². The lowest BCUT2D eigenvalue weighted by Gasteiger charge is -2.24. The zero-order chi connectivity index (χ0) is 22.6. The van der Waals surface area contributed by atoms with Gasteiger partial charge in [-0.1, -0.05) is 42.5 Å². The standard InChI is InChI=1S/C23H26N4O4/c1-23(2,3)31-22(30)25(4)14-17-10-12-19(13-11-17)26-16-24-27(21(26)29)15-20(28)18-8-6-5-7-9-18/h5-13,16H,14-15H2,1-4H3. The van der Waals surface area contributed by atoms with Gasteiger partial charge in [-0.05, 0) is 38.5 Å². The Morgan fingerprint density at radius 1 is 1.03 bits per heavy atom. The molecule has 8 heteroatoms. The molecule has 2 aromatic carbocycles. The van der Waals surface area contributed by atoms with Crippen LogP contribution in [0.2, 0.25) is 0 Å². The summed E-state index contributed by atoms with van der Waals surface area (Å²) in [5, 5.41) is 4.06. The Kier molecular flexibility index (Phi) is 6.39. The van der Waals surface area contributed by atoms with Gasteiger partial charge in [0.25, 0.3) is 0 Å². The molecular weight excluding hydrogens is 396 g/mol. The van der Waals surface area contributed by atoms with Crippen LogP contribution in [0.15, 0.2) is 65.7 Å². The molecule has 8 nitrogen and oxygen atoms in total. The van der Waals surface area contributed by atoms with Crippen LogP contribution in [0.25, 0.3) is 5.69 Å². The molecule has 0 aliphatic heterocycles. The third-order valence-electron chi connectivity index (χ3n) is 4.46. The number of aromatic nitrogens is 3. The van der Waals surface area contributed by atoms with Gasteiger partial charge in [0.15, 0.2) is 5.78 Å². The molecule has 0 N–H and O–H groups in total. The van der Waals surface area contributed by atoms with Gasteiger partial charge in [0.05, 0.1) is 5.69 Å². The molecule has 1 amide bonds. The Morgan fingerprint density at radius 2 is 1.68 bits per heavy atom. The number of carbonyl (C=O) groups is 2. The summed E-state index contributed by atoms with van der Waals surface area (Å²) >= 11 is 0. The predicted octanol–water partition coefficient (Wildman–Crippen LogP) is 3.28. The first-order chi connectivity index (χ1) is 14.6. The maximum absolute atomic E-state index is 12.7. The van der Waals surface area contributed by atoms with Gasteiger partial charge in [0.1, 0.15) is 18.5 Å². The van der Waals surface area contributed by atoms with Gasteiger partial charge < -0.3 is 9.64 Å². The van der Waals surface area contributed by atoms with Crippen LogP contribution in [-0.2, 0) is 17.8 Å². The molecule has 0 bridgehead atoms. The molecule has 0 aliphatic carbocycles. The van der Waals surface area contributed by atoms with Gasteiger partial charge in [0.2, 0.25) is 0 Å². The third kappa shape index (κ3) is 5.69. The number of Topliss-reactive ketones (excluding diaryl/α,β-unsaturated/α-hetero) is 1. The van der Waals surface area contributed by atoms with E-state index in [2.05, 4.69) is 5.10 Å². The van der Waals surface area contributed by atoms with Crippen LogP contribution in [0, 0.1) is 0 Å². The molecule has 0 saturated carbocycles. The Bertz CT molecular complexity index is 1110. The van der Waals surface area contributed by atoms with Crippen molar-refractivity contribution in [3.8, 4) is 5.69 Å². The highest BCUT2D eigenvalue weighted by Crippen LogP contribution is 2.13. The number of rotatable bonds is 6. The van der Waals surface area contributed by atoms with Crippen molar-refractivity contribution in [3.63, 3.8) is 0 Å². The highest BCUT2D eigenvalue weighted by Gasteiger charge is 2.19. The van der Waals surface area contributed by atoms with Crippen molar-refractivity contribution >= 4 is 11.9 Å². The van der Waals surface area contributed by atoms with Crippen molar-refractivity contribution in [1.29, 1.82) is 0 Å². The predicted molar refractivity (Wildman–Crippen MR) is 116 cm³/mol. The van der Waals surface area contributed by atoms with E-state index in [9.17, 15) is 14.4 Å². The zero-order valence-electron chi connectivity index (χ0n) is 18.1.